The number of carboxylic acid groups (broad SMARTS) is 1. The summed E-state index contributed by atoms with van der Waals surface area (Å²) in [4.78, 5) is 41.5. The van der Waals surface area contributed by atoms with E-state index in [4.69, 9.17) is 0 Å². The molecule has 1 aromatic carbocycles. The van der Waals surface area contributed by atoms with Crippen LogP contribution in [0.4, 0.5) is 0 Å². The standard InChI is InChI=1S/C19H20N2O4/c22-17-13-6-1-2-7-14(13)18(23)21(17)16(19(24)25)9-11-10-20-15-8-4-3-5-12(11)15/h3-5,8,10,13-14,16,20H,1-2,6-7,9H2,(H,24,25)/t13-,14-,16+/m0/s1. The zero-order valence-electron chi connectivity index (χ0n) is 13.8. The Kier molecular flexibility index (Phi) is 3.82. The molecule has 2 amide bonds. The van der Waals surface area contributed by atoms with Crippen LogP contribution in [0, 0.1) is 11.8 Å². The van der Waals surface area contributed by atoms with Crippen molar-refractivity contribution in [3.05, 3.63) is 36.0 Å². The monoisotopic (exact) mass is 340 g/mol. The fraction of sp³-hybridized carbons (Fsp3) is 0.421. The highest BCUT2D eigenvalue weighted by Gasteiger charge is 2.51. The first-order chi connectivity index (χ1) is 12.1. The van der Waals surface area contributed by atoms with Gasteiger partial charge in [-0.25, -0.2) is 4.79 Å². The van der Waals surface area contributed by atoms with Gasteiger partial charge in [0.2, 0.25) is 11.8 Å². The number of amides is 2. The molecule has 1 saturated carbocycles. The SMILES string of the molecule is O=C(O)[C@@H](Cc1c[nH]c2ccccc12)N1C(=O)[C@H]2CCCC[C@@H]2C1=O. The number of imide groups is 1. The minimum absolute atomic E-state index is 0.121. The smallest absolute Gasteiger partial charge is 0.327 e. The van der Waals surface area contributed by atoms with Crippen molar-refractivity contribution in [2.45, 2.75) is 38.1 Å². The molecule has 1 saturated heterocycles. The molecule has 25 heavy (non-hydrogen) atoms. The molecule has 0 bridgehead atoms. The van der Waals surface area contributed by atoms with Gasteiger partial charge in [0, 0.05) is 23.5 Å². The first-order valence-corrected chi connectivity index (χ1v) is 8.72. The Balaban J connectivity index is 1.66. The largest absolute Gasteiger partial charge is 0.480 e. The molecule has 130 valence electrons. The summed E-state index contributed by atoms with van der Waals surface area (Å²) in [6.07, 6.45) is 5.10. The number of rotatable bonds is 4. The molecule has 1 aliphatic carbocycles. The number of aliphatic carboxylic acids is 1. The van der Waals surface area contributed by atoms with Crippen molar-refractivity contribution in [2.75, 3.05) is 0 Å². The van der Waals surface area contributed by atoms with Gasteiger partial charge in [-0.15, -0.1) is 0 Å². The van der Waals surface area contributed by atoms with Crippen LogP contribution in [0.3, 0.4) is 0 Å². The van der Waals surface area contributed by atoms with Crippen LogP contribution in [0.1, 0.15) is 31.2 Å². The topological polar surface area (TPSA) is 90.5 Å². The van der Waals surface area contributed by atoms with Crippen molar-refractivity contribution >= 4 is 28.7 Å². The highest BCUT2D eigenvalue weighted by molar-refractivity contribution is 6.07. The van der Waals surface area contributed by atoms with Crippen molar-refractivity contribution < 1.29 is 19.5 Å². The summed E-state index contributed by atoms with van der Waals surface area (Å²) in [5.74, 6) is -2.40. The summed E-state index contributed by atoms with van der Waals surface area (Å²) in [5, 5.41) is 10.6. The maximum atomic E-state index is 12.7. The van der Waals surface area contributed by atoms with Gasteiger partial charge in [-0.1, -0.05) is 31.0 Å². The summed E-state index contributed by atoms with van der Waals surface area (Å²) in [6.45, 7) is 0. The van der Waals surface area contributed by atoms with E-state index in [2.05, 4.69) is 4.98 Å². The number of aromatic nitrogens is 1. The quantitative estimate of drug-likeness (QED) is 0.836. The van der Waals surface area contributed by atoms with E-state index in [9.17, 15) is 19.5 Å². The number of para-hydroxylation sites is 1. The Bertz CT molecular complexity index is 832. The van der Waals surface area contributed by atoms with E-state index >= 15 is 0 Å². The number of carboxylic acids is 1. The zero-order valence-corrected chi connectivity index (χ0v) is 13.8. The molecule has 0 radical (unpaired) electrons. The van der Waals surface area contributed by atoms with E-state index in [-0.39, 0.29) is 30.1 Å². The summed E-state index contributed by atoms with van der Waals surface area (Å²) >= 11 is 0. The molecule has 6 nitrogen and oxygen atoms in total. The Hall–Kier alpha value is -2.63. The summed E-state index contributed by atoms with van der Waals surface area (Å²) in [5.41, 5.74) is 1.72. The van der Waals surface area contributed by atoms with Crippen LogP contribution in [-0.2, 0) is 20.8 Å². The molecule has 4 rings (SSSR count). The average Bonchev–Trinajstić information content (AvgIpc) is 3.13. The van der Waals surface area contributed by atoms with Crippen LogP contribution in [0.15, 0.2) is 30.5 Å². The number of hydrogen-bond donors (Lipinski definition) is 2. The van der Waals surface area contributed by atoms with E-state index in [1.54, 1.807) is 6.20 Å². The molecular weight excluding hydrogens is 320 g/mol. The van der Waals surface area contributed by atoms with Crippen LogP contribution >= 0.6 is 0 Å². The lowest BCUT2D eigenvalue weighted by atomic mass is 9.81. The normalized spacial score (nSPS) is 24.6. The van der Waals surface area contributed by atoms with E-state index in [1.807, 2.05) is 24.3 Å². The summed E-state index contributed by atoms with van der Waals surface area (Å²) in [7, 11) is 0. The van der Waals surface area contributed by atoms with Gasteiger partial charge in [-0.05, 0) is 24.5 Å². The lowest BCUT2D eigenvalue weighted by molar-refractivity contribution is -0.155. The van der Waals surface area contributed by atoms with Gasteiger partial charge < -0.3 is 10.1 Å². The third kappa shape index (κ3) is 2.52. The van der Waals surface area contributed by atoms with Crippen LogP contribution in [0.25, 0.3) is 10.9 Å². The second kappa shape index (κ2) is 6.02. The van der Waals surface area contributed by atoms with Crippen LogP contribution in [0.2, 0.25) is 0 Å². The highest BCUT2D eigenvalue weighted by atomic mass is 16.4. The highest BCUT2D eigenvalue weighted by Crippen LogP contribution is 2.39. The third-order valence-electron chi connectivity index (χ3n) is 5.56. The van der Waals surface area contributed by atoms with Gasteiger partial charge in [-0.3, -0.25) is 14.5 Å². The van der Waals surface area contributed by atoms with E-state index in [1.165, 1.54) is 0 Å². The maximum absolute atomic E-state index is 12.7. The van der Waals surface area contributed by atoms with E-state index in [0.29, 0.717) is 12.8 Å². The number of nitrogens with zero attached hydrogens (tertiary/aromatic N) is 1. The molecule has 0 unspecified atom stereocenters. The molecule has 1 aliphatic heterocycles. The van der Waals surface area contributed by atoms with Gasteiger partial charge in [0.1, 0.15) is 6.04 Å². The second-order valence-electron chi connectivity index (χ2n) is 6.96. The Morgan fingerprint density at radius 3 is 2.44 bits per heavy atom. The second-order valence-corrected chi connectivity index (χ2v) is 6.96. The molecule has 3 atom stereocenters. The van der Waals surface area contributed by atoms with Gasteiger partial charge >= 0.3 is 5.97 Å². The molecule has 2 aliphatic rings. The Labute approximate surface area is 144 Å². The van der Waals surface area contributed by atoms with Crippen molar-refractivity contribution in [3.63, 3.8) is 0 Å². The fourth-order valence-corrected chi connectivity index (χ4v) is 4.29. The third-order valence-corrected chi connectivity index (χ3v) is 5.56. The number of hydrogen-bond acceptors (Lipinski definition) is 3. The van der Waals surface area contributed by atoms with Gasteiger partial charge in [0.25, 0.3) is 0 Å². The van der Waals surface area contributed by atoms with Crippen molar-refractivity contribution in [3.8, 4) is 0 Å². The Morgan fingerprint density at radius 1 is 1.16 bits per heavy atom. The van der Waals surface area contributed by atoms with Crippen LogP contribution in [-0.4, -0.2) is 38.8 Å². The lowest BCUT2D eigenvalue weighted by Gasteiger charge is -2.23. The number of nitrogens with one attached hydrogen (secondary N) is 1. The number of carbonyl (C=O) groups is 3. The minimum Gasteiger partial charge on any atom is -0.480 e. The first kappa shape index (κ1) is 15.9. The predicted octanol–water partition coefficient (Wildman–Crippen LogP) is 2.34. The Morgan fingerprint density at radius 2 is 1.80 bits per heavy atom. The average molecular weight is 340 g/mol. The number of carbonyl (C=O) groups excluding carboxylic acids is 2. The summed E-state index contributed by atoms with van der Waals surface area (Å²) < 4.78 is 0. The predicted molar refractivity (Wildman–Crippen MR) is 90.7 cm³/mol. The number of aromatic amines is 1. The minimum atomic E-state index is -1.15. The molecule has 2 fully saturated rings. The molecule has 2 N–H and O–H groups in total. The number of benzene rings is 1. The molecule has 2 heterocycles. The number of H-pyrrole nitrogens is 1. The van der Waals surface area contributed by atoms with Crippen molar-refractivity contribution in [1.82, 2.24) is 9.88 Å². The van der Waals surface area contributed by atoms with Crippen molar-refractivity contribution in [1.29, 1.82) is 0 Å². The molecule has 0 spiro atoms. The number of fused-ring (bicyclic) bond motifs is 2. The van der Waals surface area contributed by atoms with Gasteiger partial charge in [0.05, 0.1) is 11.8 Å². The molecule has 6 heteroatoms. The maximum Gasteiger partial charge on any atom is 0.327 e. The van der Waals surface area contributed by atoms with E-state index in [0.717, 1.165) is 34.2 Å². The summed E-state index contributed by atoms with van der Waals surface area (Å²) in [6, 6.07) is 6.46. The lowest BCUT2D eigenvalue weighted by Crippen LogP contribution is -2.46. The number of likely N-dealkylation sites (tertiary alicyclic amines) is 1. The fourth-order valence-electron chi connectivity index (χ4n) is 4.29. The molecular formula is C19H20N2O4. The molecule has 1 aromatic heterocycles. The van der Waals surface area contributed by atoms with Crippen molar-refractivity contribution in [2.24, 2.45) is 11.8 Å². The molecule has 2 aromatic rings. The first-order valence-electron chi connectivity index (χ1n) is 8.72. The van der Waals surface area contributed by atoms with Crippen LogP contribution < -0.4 is 0 Å². The van der Waals surface area contributed by atoms with Crippen LogP contribution in [0.5, 0.6) is 0 Å². The van der Waals surface area contributed by atoms with Gasteiger partial charge in [-0.2, -0.15) is 0 Å². The van der Waals surface area contributed by atoms with Gasteiger partial charge in [0.15, 0.2) is 0 Å². The zero-order chi connectivity index (χ0) is 17.6. The van der Waals surface area contributed by atoms with E-state index < -0.39 is 12.0 Å².